The van der Waals surface area contributed by atoms with Crippen LogP contribution in [0.25, 0.3) is 0 Å². The summed E-state index contributed by atoms with van der Waals surface area (Å²) in [7, 11) is 3.75. The Kier molecular flexibility index (Phi) is 18.3. The molecule has 0 bridgehead atoms. The van der Waals surface area contributed by atoms with E-state index in [1.165, 1.54) is 64.2 Å². The van der Waals surface area contributed by atoms with Gasteiger partial charge in [-0.3, -0.25) is 0 Å². The molecule has 0 fully saturated rings. The molecule has 0 aromatic heterocycles. The SMILES string of the molecule is CCCCCCCCCCCCCCCCCC(c1cc(C(F)(F)F)ccc1OB(Oc1ccc(C(F)(F)F)cc1)Oc1ccc(C(F)(F)F)cc1)[N+](C)(C)C. The van der Waals surface area contributed by atoms with Crippen molar-refractivity contribution in [3.8, 4) is 17.2 Å². The largest absolute Gasteiger partial charge is 0.864 e. The summed E-state index contributed by atoms with van der Waals surface area (Å²) in [5.74, 6) is -0.338. The predicted octanol–water partition coefficient (Wildman–Crippen LogP) is 14.3. The first kappa shape index (κ1) is 46.8. The molecular weight excluding hydrogens is 748 g/mol. The molecule has 0 amide bonds. The fourth-order valence-corrected chi connectivity index (χ4v) is 6.60. The molecule has 56 heavy (non-hydrogen) atoms. The van der Waals surface area contributed by atoms with Crippen LogP contribution in [0.5, 0.6) is 17.2 Å². The van der Waals surface area contributed by atoms with Gasteiger partial charge in [-0.25, -0.2) is 0 Å². The first-order valence-corrected chi connectivity index (χ1v) is 19.7. The van der Waals surface area contributed by atoms with Crippen LogP contribution in [0.2, 0.25) is 0 Å². The lowest BCUT2D eigenvalue weighted by molar-refractivity contribution is -0.902. The van der Waals surface area contributed by atoms with Gasteiger partial charge in [0, 0.05) is 6.42 Å². The van der Waals surface area contributed by atoms with Gasteiger partial charge in [0.25, 0.3) is 0 Å². The van der Waals surface area contributed by atoms with E-state index in [9.17, 15) is 39.5 Å². The van der Waals surface area contributed by atoms with E-state index in [2.05, 4.69) is 6.92 Å². The third-order valence-corrected chi connectivity index (χ3v) is 9.76. The Labute approximate surface area is 326 Å². The summed E-state index contributed by atoms with van der Waals surface area (Å²) in [4.78, 5) is 0. The van der Waals surface area contributed by atoms with E-state index < -0.39 is 48.6 Å². The molecule has 312 valence electrons. The Hall–Kier alpha value is -3.55. The number of quaternary nitrogens is 1. The first-order chi connectivity index (χ1) is 26.3. The normalized spacial score (nSPS) is 13.1. The summed E-state index contributed by atoms with van der Waals surface area (Å²) in [6.07, 6.45) is 4.21. The Balaban J connectivity index is 1.75. The molecule has 0 saturated heterocycles. The van der Waals surface area contributed by atoms with Gasteiger partial charge in [0.1, 0.15) is 23.3 Å². The molecule has 1 atom stereocenters. The van der Waals surface area contributed by atoms with Gasteiger partial charge in [-0.15, -0.1) is 0 Å². The lowest BCUT2D eigenvalue weighted by Crippen LogP contribution is -2.41. The second kappa shape index (κ2) is 21.8. The number of unbranched alkanes of at least 4 members (excludes halogenated alkanes) is 14. The molecule has 0 spiro atoms. The van der Waals surface area contributed by atoms with Crippen molar-refractivity contribution in [2.24, 2.45) is 0 Å². The summed E-state index contributed by atoms with van der Waals surface area (Å²) in [6.45, 7) is 2.22. The van der Waals surface area contributed by atoms with Gasteiger partial charge < -0.3 is 18.4 Å². The molecular formula is C42H56BF9NO3+. The lowest BCUT2D eigenvalue weighted by Gasteiger charge is -2.36. The van der Waals surface area contributed by atoms with E-state index in [1.54, 1.807) is 0 Å². The zero-order valence-corrected chi connectivity index (χ0v) is 32.9. The molecule has 1 unspecified atom stereocenters. The number of nitrogens with zero attached hydrogens (tertiary/aromatic N) is 1. The van der Waals surface area contributed by atoms with Crippen molar-refractivity contribution in [3.05, 3.63) is 89.0 Å². The van der Waals surface area contributed by atoms with Gasteiger partial charge in [0.2, 0.25) is 0 Å². The van der Waals surface area contributed by atoms with E-state index >= 15 is 0 Å². The summed E-state index contributed by atoms with van der Waals surface area (Å²) in [6, 6.07) is 9.58. The zero-order chi connectivity index (χ0) is 41.4. The highest BCUT2D eigenvalue weighted by atomic mass is 19.4. The summed E-state index contributed by atoms with van der Waals surface area (Å²) >= 11 is 0. The van der Waals surface area contributed by atoms with Gasteiger partial charge in [0.05, 0.1) is 43.4 Å². The highest BCUT2D eigenvalue weighted by Crippen LogP contribution is 2.40. The average Bonchev–Trinajstić information content (AvgIpc) is 3.10. The molecule has 4 nitrogen and oxygen atoms in total. The number of benzene rings is 3. The fourth-order valence-electron chi connectivity index (χ4n) is 6.60. The van der Waals surface area contributed by atoms with Crippen molar-refractivity contribution in [3.63, 3.8) is 0 Å². The van der Waals surface area contributed by atoms with Crippen molar-refractivity contribution in [1.82, 2.24) is 0 Å². The second-order valence-corrected chi connectivity index (χ2v) is 15.3. The van der Waals surface area contributed by atoms with Crippen LogP contribution >= 0.6 is 0 Å². The molecule has 0 radical (unpaired) electrons. The predicted molar refractivity (Wildman–Crippen MR) is 202 cm³/mol. The van der Waals surface area contributed by atoms with Gasteiger partial charge in [0.15, 0.2) is 0 Å². The minimum atomic E-state index is -4.68. The highest BCUT2D eigenvalue weighted by Gasteiger charge is 2.39. The number of alkyl halides is 9. The van der Waals surface area contributed by atoms with Crippen LogP contribution in [0.3, 0.4) is 0 Å². The molecule has 3 aromatic rings. The van der Waals surface area contributed by atoms with Crippen LogP contribution in [0.1, 0.15) is 138 Å². The molecule has 0 aliphatic carbocycles. The highest BCUT2D eigenvalue weighted by molar-refractivity contribution is 6.39. The van der Waals surface area contributed by atoms with Crippen molar-refractivity contribution in [2.75, 3.05) is 21.1 Å². The lowest BCUT2D eigenvalue weighted by atomic mass is 9.94. The zero-order valence-electron chi connectivity index (χ0n) is 32.9. The number of halogens is 9. The number of hydrogen-bond donors (Lipinski definition) is 0. The molecule has 3 aromatic carbocycles. The van der Waals surface area contributed by atoms with Crippen LogP contribution in [-0.4, -0.2) is 32.9 Å². The smallest absolute Gasteiger partial charge is 0.490 e. The maximum Gasteiger partial charge on any atom is 0.864 e. The van der Waals surface area contributed by atoms with Crippen molar-refractivity contribution >= 4 is 7.32 Å². The van der Waals surface area contributed by atoms with Crippen molar-refractivity contribution in [1.29, 1.82) is 0 Å². The second-order valence-electron chi connectivity index (χ2n) is 15.3. The van der Waals surface area contributed by atoms with Gasteiger partial charge in [-0.2, -0.15) is 39.5 Å². The molecule has 14 heteroatoms. The van der Waals surface area contributed by atoms with E-state index in [0.717, 1.165) is 98.8 Å². The van der Waals surface area contributed by atoms with Gasteiger partial charge >= 0.3 is 25.9 Å². The maximum absolute atomic E-state index is 14.1. The topological polar surface area (TPSA) is 27.7 Å². The van der Waals surface area contributed by atoms with Gasteiger partial charge in [-0.1, -0.05) is 96.8 Å². The molecule has 0 N–H and O–H groups in total. The Morgan fingerprint density at radius 3 is 1.20 bits per heavy atom. The van der Waals surface area contributed by atoms with E-state index in [1.807, 2.05) is 21.1 Å². The van der Waals surface area contributed by atoms with Crippen LogP contribution in [0, 0.1) is 0 Å². The molecule has 0 aliphatic rings. The third kappa shape index (κ3) is 16.5. The monoisotopic (exact) mass is 804 g/mol. The van der Waals surface area contributed by atoms with Crippen molar-refractivity contribution in [2.45, 2.75) is 134 Å². The first-order valence-electron chi connectivity index (χ1n) is 19.7. The van der Waals surface area contributed by atoms with Gasteiger partial charge in [-0.05, 0) is 73.2 Å². The van der Waals surface area contributed by atoms with Crippen LogP contribution in [0.15, 0.2) is 66.7 Å². The average molecular weight is 805 g/mol. The Morgan fingerprint density at radius 2 is 0.839 bits per heavy atom. The Morgan fingerprint density at radius 1 is 0.482 bits per heavy atom. The quantitative estimate of drug-likeness (QED) is 0.0391. The van der Waals surface area contributed by atoms with Crippen LogP contribution < -0.4 is 14.0 Å². The van der Waals surface area contributed by atoms with E-state index in [4.69, 9.17) is 14.0 Å². The minimum Gasteiger partial charge on any atom is -0.490 e. The van der Waals surface area contributed by atoms with E-state index in [-0.39, 0.29) is 27.3 Å². The summed E-state index contributed by atoms with van der Waals surface area (Å²) in [5, 5.41) is 0. The molecule has 0 saturated carbocycles. The molecule has 3 rings (SSSR count). The summed E-state index contributed by atoms with van der Waals surface area (Å²) < 4.78 is 139. The number of hydrogen-bond acceptors (Lipinski definition) is 3. The van der Waals surface area contributed by atoms with E-state index in [0.29, 0.717) is 6.42 Å². The van der Waals surface area contributed by atoms with Crippen LogP contribution in [-0.2, 0) is 18.5 Å². The fraction of sp³-hybridized carbons (Fsp3) is 0.571. The Bertz CT molecular complexity index is 1500. The number of rotatable bonds is 24. The summed E-state index contributed by atoms with van der Waals surface area (Å²) in [5.41, 5.74) is -2.62. The standard InChI is InChI=1S/C42H56BF9NO3/c1-5-6-7-8-9-10-11-12-13-14-15-16-17-18-19-20-38(53(2,3)4)37-31-34(42(50,51)52)25-30-39(37)56-43(54-35-26-21-32(22-27-35)40(44,45)46)55-36-28-23-33(24-29-36)41(47,48)49/h21-31,38H,5-20H2,1-4H3/q+1. The minimum absolute atomic E-state index is 0.0409. The maximum atomic E-state index is 14.1. The molecule has 0 aliphatic heterocycles. The third-order valence-electron chi connectivity index (χ3n) is 9.76. The molecule has 0 heterocycles. The van der Waals surface area contributed by atoms with Crippen LogP contribution in [0.4, 0.5) is 39.5 Å². The van der Waals surface area contributed by atoms with Crippen molar-refractivity contribution < 1.29 is 58.0 Å².